The smallest absolute Gasteiger partial charge is 0.335 e. The third kappa shape index (κ3) is 6.02. The van der Waals surface area contributed by atoms with Crippen molar-refractivity contribution in [2.24, 2.45) is 0 Å². The number of hydrogen-bond acceptors (Lipinski definition) is 4. The van der Waals surface area contributed by atoms with E-state index in [-0.39, 0.29) is 11.5 Å². The molecule has 0 aliphatic carbocycles. The predicted molar refractivity (Wildman–Crippen MR) is 93.9 cm³/mol. The van der Waals surface area contributed by atoms with Gasteiger partial charge in [-0.25, -0.2) is 4.79 Å². The van der Waals surface area contributed by atoms with E-state index in [9.17, 15) is 9.59 Å². The SMILES string of the molecule is CCOCCOCc1cccc(NC(=O)c2cccc(C(=O)O)c2)c1. The number of anilines is 1. The van der Waals surface area contributed by atoms with E-state index in [1.54, 1.807) is 18.2 Å². The molecule has 0 aliphatic rings. The zero-order valence-electron chi connectivity index (χ0n) is 14.0. The molecule has 2 aromatic rings. The third-order valence-corrected chi connectivity index (χ3v) is 3.40. The first-order chi connectivity index (χ1) is 12.1. The van der Waals surface area contributed by atoms with E-state index in [0.717, 1.165) is 5.56 Å². The molecule has 6 nitrogen and oxygen atoms in total. The number of carboxylic acid groups (broad SMARTS) is 1. The summed E-state index contributed by atoms with van der Waals surface area (Å²) in [4.78, 5) is 23.3. The van der Waals surface area contributed by atoms with Crippen molar-refractivity contribution in [2.75, 3.05) is 25.1 Å². The van der Waals surface area contributed by atoms with Crippen LogP contribution in [0, 0.1) is 0 Å². The van der Waals surface area contributed by atoms with E-state index < -0.39 is 5.97 Å². The van der Waals surface area contributed by atoms with Gasteiger partial charge in [0.1, 0.15) is 0 Å². The number of amides is 1. The van der Waals surface area contributed by atoms with Gasteiger partial charge in [0, 0.05) is 17.9 Å². The number of rotatable bonds is 9. The van der Waals surface area contributed by atoms with Crippen LogP contribution in [0.15, 0.2) is 48.5 Å². The van der Waals surface area contributed by atoms with Crippen LogP contribution in [0.3, 0.4) is 0 Å². The van der Waals surface area contributed by atoms with E-state index >= 15 is 0 Å². The molecule has 25 heavy (non-hydrogen) atoms. The lowest BCUT2D eigenvalue weighted by Crippen LogP contribution is -2.13. The number of carboxylic acids is 1. The van der Waals surface area contributed by atoms with Crippen LogP contribution in [-0.4, -0.2) is 36.8 Å². The second kappa shape index (κ2) is 9.56. The van der Waals surface area contributed by atoms with Gasteiger partial charge in [-0.2, -0.15) is 0 Å². The van der Waals surface area contributed by atoms with Gasteiger partial charge in [0.2, 0.25) is 0 Å². The zero-order valence-corrected chi connectivity index (χ0v) is 14.0. The third-order valence-electron chi connectivity index (χ3n) is 3.40. The van der Waals surface area contributed by atoms with E-state index in [2.05, 4.69) is 5.32 Å². The molecule has 2 aromatic carbocycles. The van der Waals surface area contributed by atoms with Crippen molar-refractivity contribution in [1.82, 2.24) is 0 Å². The fourth-order valence-corrected chi connectivity index (χ4v) is 2.19. The van der Waals surface area contributed by atoms with Crippen LogP contribution in [-0.2, 0) is 16.1 Å². The molecule has 0 aliphatic heterocycles. The highest BCUT2D eigenvalue weighted by molar-refractivity contribution is 6.05. The number of benzene rings is 2. The maximum absolute atomic E-state index is 12.3. The van der Waals surface area contributed by atoms with Crippen LogP contribution in [0.1, 0.15) is 33.2 Å². The lowest BCUT2D eigenvalue weighted by molar-refractivity contribution is 0.0453. The van der Waals surface area contributed by atoms with Crippen LogP contribution in [0.25, 0.3) is 0 Å². The summed E-state index contributed by atoms with van der Waals surface area (Å²) in [5.41, 5.74) is 1.91. The molecule has 0 heterocycles. The largest absolute Gasteiger partial charge is 0.478 e. The number of carbonyl (C=O) groups excluding carboxylic acids is 1. The van der Waals surface area contributed by atoms with Gasteiger partial charge < -0.3 is 19.9 Å². The highest BCUT2D eigenvalue weighted by Gasteiger charge is 2.10. The van der Waals surface area contributed by atoms with Crippen molar-refractivity contribution in [3.63, 3.8) is 0 Å². The molecule has 1 amide bonds. The molecule has 0 atom stereocenters. The van der Waals surface area contributed by atoms with Gasteiger partial charge in [0.15, 0.2) is 0 Å². The first-order valence-electron chi connectivity index (χ1n) is 7.99. The molecule has 0 radical (unpaired) electrons. The Morgan fingerprint density at radius 2 is 1.72 bits per heavy atom. The number of hydrogen-bond donors (Lipinski definition) is 2. The topological polar surface area (TPSA) is 84.9 Å². The second-order valence-corrected chi connectivity index (χ2v) is 5.29. The first kappa shape index (κ1) is 18.6. The first-order valence-corrected chi connectivity index (χ1v) is 7.99. The highest BCUT2D eigenvalue weighted by atomic mass is 16.5. The Bertz CT molecular complexity index is 729. The van der Waals surface area contributed by atoms with Crippen LogP contribution >= 0.6 is 0 Å². The van der Waals surface area contributed by atoms with Crippen molar-refractivity contribution in [3.8, 4) is 0 Å². The Morgan fingerprint density at radius 3 is 2.48 bits per heavy atom. The molecule has 0 saturated carbocycles. The van der Waals surface area contributed by atoms with Gasteiger partial charge in [-0.3, -0.25) is 4.79 Å². The van der Waals surface area contributed by atoms with Gasteiger partial charge in [0.25, 0.3) is 5.91 Å². The number of aromatic carboxylic acids is 1. The summed E-state index contributed by atoms with van der Waals surface area (Å²) in [6, 6.07) is 13.2. The summed E-state index contributed by atoms with van der Waals surface area (Å²) in [5.74, 6) is -1.43. The summed E-state index contributed by atoms with van der Waals surface area (Å²) in [7, 11) is 0. The fourth-order valence-electron chi connectivity index (χ4n) is 2.19. The molecule has 0 fully saturated rings. The zero-order chi connectivity index (χ0) is 18.1. The molecule has 2 rings (SSSR count). The highest BCUT2D eigenvalue weighted by Crippen LogP contribution is 2.14. The fraction of sp³-hybridized carbons (Fsp3) is 0.263. The average Bonchev–Trinajstić information content (AvgIpc) is 2.62. The van der Waals surface area contributed by atoms with Crippen molar-refractivity contribution < 1.29 is 24.2 Å². The van der Waals surface area contributed by atoms with Crippen molar-refractivity contribution in [2.45, 2.75) is 13.5 Å². The van der Waals surface area contributed by atoms with Crippen LogP contribution in [0.4, 0.5) is 5.69 Å². The molecule has 0 saturated heterocycles. The molecule has 2 N–H and O–H groups in total. The Kier molecular flexibility index (Phi) is 7.13. The standard InChI is InChI=1S/C19H21NO5/c1-2-24-9-10-25-13-14-5-3-8-17(11-14)20-18(21)15-6-4-7-16(12-15)19(22)23/h3-8,11-12H,2,9-10,13H2,1H3,(H,20,21)(H,22,23). The molecule has 0 unspecified atom stereocenters. The minimum absolute atomic E-state index is 0.0732. The van der Waals surface area contributed by atoms with Gasteiger partial charge in [-0.05, 0) is 42.8 Å². The van der Waals surface area contributed by atoms with Crippen molar-refractivity contribution >= 4 is 17.6 Å². The van der Waals surface area contributed by atoms with Crippen molar-refractivity contribution in [3.05, 3.63) is 65.2 Å². The maximum Gasteiger partial charge on any atom is 0.335 e. The Morgan fingerprint density at radius 1 is 1.00 bits per heavy atom. The van der Waals surface area contributed by atoms with E-state index in [1.165, 1.54) is 12.1 Å². The Balaban J connectivity index is 1.95. The molecule has 0 aromatic heterocycles. The summed E-state index contributed by atoms with van der Waals surface area (Å²) >= 11 is 0. The van der Waals surface area contributed by atoms with E-state index in [4.69, 9.17) is 14.6 Å². The number of carbonyl (C=O) groups is 2. The average molecular weight is 343 g/mol. The number of nitrogens with one attached hydrogen (secondary N) is 1. The van der Waals surface area contributed by atoms with Crippen LogP contribution in [0.5, 0.6) is 0 Å². The summed E-state index contributed by atoms with van der Waals surface area (Å²) in [5, 5.41) is 11.8. The number of ether oxygens (including phenoxy) is 2. The minimum Gasteiger partial charge on any atom is -0.478 e. The quantitative estimate of drug-likeness (QED) is 0.683. The van der Waals surface area contributed by atoms with Gasteiger partial charge >= 0.3 is 5.97 Å². The van der Waals surface area contributed by atoms with Gasteiger partial charge in [-0.1, -0.05) is 18.2 Å². The monoisotopic (exact) mass is 343 g/mol. The maximum atomic E-state index is 12.3. The molecule has 132 valence electrons. The molecule has 0 spiro atoms. The summed E-state index contributed by atoms with van der Waals surface area (Å²) < 4.78 is 10.7. The molecular weight excluding hydrogens is 322 g/mol. The lowest BCUT2D eigenvalue weighted by Gasteiger charge is -2.09. The molecular formula is C19H21NO5. The van der Waals surface area contributed by atoms with Gasteiger partial charge in [-0.15, -0.1) is 0 Å². The van der Waals surface area contributed by atoms with E-state index in [1.807, 2.05) is 25.1 Å². The van der Waals surface area contributed by atoms with Crippen LogP contribution in [0.2, 0.25) is 0 Å². The van der Waals surface area contributed by atoms with Gasteiger partial charge in [0.05, 0.1) is 25.4 Å². The Labute approximate surface area is 146 Å². The second-order valence-electron chi connectivity index (χ2n) is 5.29. The van der Waals surface area contributed by atoms with E-state index in [0.29, 0.717) is 37.7 Å². The lowest BCUT2D eigenvalue weighted by atomic mass is 10.1. The molecule has 6 heteroatoms. The minimum atomic E-state index is -1.07. The van der Waals surface area contributed by atoms with Crippen LogP contribution < -0.4 is 5.32 Å². The summed E-state index contributed by atoms with van der Waals surface area (Å²) in [6.07, 6.45) is 0. The summed E-state index contributed by atoms with van der Waals surface area (Å²) in [6.45, 7) is 4.07. The van der Waals surface area contributed by atoms with Crippen molar-refractivity contribution in [1.29, 1.82) is 0 Å². The normalized spacial score (nSPS) is 10.4. The molecule has 0 bridgehead atoms. The predicted octanol–water partition coefficient (Wildman–Crippen LogP) is 3.19. The Hall–Kier alpha value is -2.70.